The first kappa shape index (κ1) is 18.1. The van der Waals surface area contributed by atoms with Gasteiger partial charge in [-0.3, -0.25) is 9.59 Å². The maximum Gasteiger partial charge on any atom is 0.223 e. The summed E-state index contributed by atoms with van der Waals surface area (Å²) >= 11 is 0. The van der Waals surface area contributed by atoms with Gasteiger partial charge < -0.3 is 10.6 Å². The summed E-state index contributed by atoms with van der Waals surface area (Å²) in [5, 5.41) is 6.43. The van der Waals surface area contributed by atoms with E-state index in [2.05, 4.69) is 17.6 Å². The Kier molecular flexibility index (Phi) is 9.31. The third kappa shape index (κ3) is 7.60. The van der Waals surface area contributed by atoms with Crippen molar-refractivity contribution in [1.82, 2.24) is 10.6 Å². The van der Waals surface area contributed by atoms with Crippen LogP contribution in [0.3, 0.4) is 0 Å². The van der Waals surface area contributed by atoms with Gasteiger partial charge in [0.2, 0.25) is 5.91 Å². The molecule has 1 rings (SSSR count). The minimum absolute atomic E-state index is 0.208. The van der Waals surface area contributed by atoms with E-state index in [1.54, 1.807) is 0 Å². The van der Waals surface area contributed by atoms with Crippen LogP contribution in [0.4, 0.5) is 0 Å². The van der Waals surface area contributed by atoms with Crippen LogP contribution in [0.2, 0.25) is 0 Å². The van der Waals surface area contributed by atoms with Crippen molar-refractivity contribution in [3.8, 4) is 0 Å². The second-order valence-corrected chi connectivity index (χ2v) is 6.17. The Balaban J connectivity index is 2.07. The van der Waals surface area contributed by atoms with Crippen LogP contribution >= 0.6 is 0 Å². The van der Waals surface area contributed by atoms with Gasteiger partial charge in [-0.2, -0.15) is 0 Å². The first-order valence-corrected chi connectivity index (χ1v) is 8.67. The summed E-state index contributed by atoms with van der Waals surface area (Å²) in [5.41, 5.74) is 0. The zero-order chi connectivity index (χ0) is 15.5. The molecule has 0 unspecified atom stereocenters. The van der Waals surface area contributed by atoms with Gasteiger partial charge in [0, 0.05) is 25.3 Å². The minimum Gasteiger partial charge on any atom is -0.356 e. The number of hydrogen-bond acceptors (Lipinski definition) is 3. The molecule has 4 nitrogen and oxygen atoms in total. The number of carbonyl (C=O) groups is 2. The zero-order valence-electron chi connectivity index (χ0n) is 13.7. The highest BCUT2D eigenvalue weighted by atomic mass is 16.1. The number of ketones is 1. The molecule has 0 aromatic rings. The van der Waals surface area contributed by atoms with Crippen LogP contribution in [-0.4, -0.2) is 31.3 Å². The number of hydrogen-bond donors (Lipinski definition) is 2. The van der Waals surface area contributed by atoms with Crippen LogP contribution in [0.15, 0.2) is 0 Å². The van der Waals surface area contributed by atoms with Crippen molar-refractivity contribution in [1.29, 1.82) is 0 Å². The predicted molar refractivity (Wildman–Crippen MR) is 86.2 cm³/mol. The molecule has 0 heterocycles. The van der Waals surface area contributed by atoms with Crippen molar-refractivity contribution in [3.63, 3.8) is 0 Å². The maximum atomic E-state index is 12.1. The van der Waals surface area contributed by atoms with Crippen LogP contribution in [0.1, 0.15) is 65.2 Å². The van der Waals surface area contributed by atoms with Gasteiger partial charge in [0.25, 0.3) is 0 Å². The molecule has 21 heavy (non-hydrogen) atoms. The minimum atomic E-state index is 0.208. The van der Waals surface area contributed by atoms with Crippen LogP contribution in [-0.2, 0) is 9.59 Å². The van der Waals surface area contributed by atoms with Crippen molar-refractivity contribution in [3.05, 3.63) is 0 Å². The van der Waals surface area contributed by atoms with Crippen LogP contribution in [0.25, 0.3) is 0 Å². The molecule has 0 radical (unpaired) electrons. The lowest BCUT2D eigenvalue weighted by atomic mass is 9.81. The van der Waals surface area contributed by atoms with Gasteiger partial charge in [-0.05, 0) is 57.5 Å². The molecule has 0 aromatic carbocycles. The molecule has 0 aromatic heterocycles. The SMILES string of the molecule is CCNCC1CCC(C(=O)NCCCCC(=O)CC)CC1. The van der Waals surface area contributed by atoms with Gasteiger partial charge in [-0.15, -0.1) is 0 Å². The summed E-state index contributed by atoms with van der Waals surface area (Å²) in [7, 11) is 0. The zero-order valence-corrected chi connectivity index (χ0v) is 13.7. The Morgan fingerprint density at radius 1 is 1.05 bits per heavy atom. The second-order valence-electron chi connectivity index (χ2n) is 6.17. The average Bonchev–Trinajstić information content (AvgIpc) is 2.52. The van der Waals surface area contributed by atoms with E-state index in [1.165, 1.54) is 0 Å². The molecule has 1 aliphatic rings. The van der Waals surface area contributed by atoms with Crippen LogP contribution in [0, 0.1) is 11.8 Å². The highest BCUT2D eigenvalue weighted by molar-refractivity contribution is 5.79. The van der Waals surface area contributed by atoms with Crippen LogP contribution < -0.4 is 10.6 Å². The van der Waals surface area contributed by atoms with E-state index in [-0.39, 0.29) is 11.8 Å². The number of unbranched alkanes of at least 4 members (excludes halogenated alkanes) is 1. The fourth-order valence-corrected chi connectivity index (χ4v) is 2.96. The summed E-state index contributed by atoms with van der Waals surface area (Å²) in [6.07, 6.45) is 7.46. The summed E-state index contributed by atoms with van der Waals surface area (Å²) in [5.74, 6) is 1.49. The van der Waals surface area contributed by atoms with Crippen molar-refractivity contribution in [2.24, 2.45) is 11.8 Å². The van der Waals surface area contributed by atoms with Gasteiger partial charge in [0.05, 0.1) is 0 Å². The molecule has 0 aliphatic heterocycles. The average molecular weight is 296 g/mol. The van der Waals surface area contributed by atoms with Crippen molar-refractivity contribution in [2.45, 2.75) is 65.2 Å². The topological polar surface area (TPSA) is 58.2 Å². The third-order valence-electron chi connectivity index (χ3n) is 4.48. The molecule has 0 bridgehead atoms. The Bertz CT molecular complexity index is 310. The largest absolute Gasteiger partial charge is 0.356 e. The second kappa shape index (κ2) is 10.8. The van der Waals surface area contributed by atoms with E-state index in [4.69, 9.17) is 0 Å². The number of rotatable bonds is 10. The lowest BCUT2D eigenvalue weighted by Crippen LogP contribution is -2.35. The van der Waals surface area contributed by atoms with Gasteiger partial charge in [0.15, 0.2) is 0 Å². The highest BCUT2D eigenvalue weighted by Crippen LogP contribution is 2.28. The number of nitrogens with one attached hydrogen (secondary N) is 2. The van der Waals surface area contributed by atoms with Crippen LogP contribution in [0.5, 0.6) is 0 Å². The van der Waals surface area contributed by atoms with Gasteiger partial charge in [0.1, 0.15) is 5.78 Å². The van der Waals surface area contributed by atoms with Crippen molar-refractivity contribution in [2.75, 3.05) is 19.6 Å². The van der Waals surface area contributed by atoms with E-state index in [1.807, 2.05) is 6.92 Å². The maximum absolute atomic E-state index is 12.1. The summed E-state index contributed by atoms with van der Waals surface area (Å²) in [6, 6.07) is 0. The quantitative estimate of drug-likeness (QED) is 0.609. The van der Waals surface area contributed by atoms with E-state index in [0.717, 1.165) is 57.5 Å². The molecule has 0 atom stereocenters. The van der Waals surface area contributed by atoms with E-state index in [0.29, 0.717) is 25.2 Å². The summed E-state index contributed by atoms with van der Waals surface area (Å²) in [4.78, 5) is 23.2. The molecular formula is C17H32N2O2. The molecular weight excluding hydrogens is 264 g/mol. The lowest BCUT2D eigenvalue weighted by Gasteiger charge is -2.27. The third-order valence-corrected chi connectivity index (χ3v) is 4.48. The van der Waals surface area contributed by atoms with Crippen molar-refractivity contribution < 1.29 is 9.59 Å². The van der Waals surface area contributed by atoms with Crippen molar-refractivity contribution >= 4 is 11.7 Å². The number of Topliss-reactive ketones (excluding diaryl/α,β-unsaturated/α-hetero) is 1. The molecule has 1 aliphatic carbocycles. The molecule has 0 saturated heterocycles. The lowest BCUT2D eigenvalue weighted by molar-refractivity contribution is -0.126. The van der Waals surface area contributed by atoms with E-state index >= 15 is 0 Å². The highest BCUT2D eigenvalue weighted by Gasteiger charge is 2.25. The molecule has 4 heteroatoms. The molecule has 1 amide bonds. The van der Waals surface area contributed by atoms with Gasteiger partial charge in [-0.25, -0.2) is 0 Å². The Morgan fingerprint density at radius 2 is 1.76 bits per heavy atom. The molecule has 122 valence electrons. The summed E-state index contributed by atoms with van der Waals surface area (Å²) in [6.45, 7) is 6.87. The first-order valence-electron chi connectivity index (χ1n) is 8.67. The molecule has 2 N–H and O–H groups in total. The molecule has 0 spiro atoms. The first-order chi connectivity index (χ1) is 10.2. The van der Waals surface area contributed by atoms with E-state index in [9.17, 15) is 9.59 Å². The number of carbonyl (C=O) groups excluding carboxylic acids is 2. The van der Waals surface area contributed by atoms with E-state index < -0.39 is 0 Å². The van der Waals surface area contributed by atoms with Gasteiger partial charge >= 0.3 is 0 Å². The monoisotopic (exact) mass is 296 g/mol. The normalized spacial score (nSPS) is 22.0. The fraction of sp³-hybridized carbons (Fsp3) is 0.882. The summed E-state index contributed by atoms with van der Waals surface area (Å²) < 4.78 is 0. The predicted octanol–water partition coefficient (Wildman–Crippen LogP) is 2.67. The Morgan fingerprint density at radius 3 is 2.38 bits per heavy atom. The smallest absolute Gasteiger partial charge is 0.223 e. The van der Waals surface area contributed by atoms with Gasteiger partial charge in [-0.1, -0.05) is 13.8 Å². The molecule has 1 saturated carbocycles. The Hall–Kier alpha value is -0.900. The fourth-order valence-electron chi connectivity index (χ4n) is 2.96. The molecule has 1 fully saturated rings. The Labute approximate surface area is 129 Å². The standard InChI is InChI=1S/C17H32N2O2/c1-3-16(20)7-5-6-12-19-17(21)15-10-8-14(9-11-15)13-18-4-2/h14-15,18H,3-13H2,1-2H3,(H,19,21). The number of amides is 1.